The molecule has 1 aliphatic rings. The Bertz CT molecular complexity index is 967. The number of fused-ring (bicyclic) bond motifs is 1. The maximum atomic E-state index is 12.6. The molecule has 134 valence electrons. The second-order valence-corrected chi connectivity index (χ2v) is 6.14. The van der Waals surface area contributed by atoms with E-state index in [1.807, 2.05) is 12.1 Å². The van der Waals surface area contributed by atoms with Gasteiger partial charge in [-0.25, -0.2) is 0 Å². The van der Waals surface area contributed by atoms with Crippen molar-refractivity contribution in [1.82, 2.24) is 30.3 Å². The number of rotatable bonds is 5. The van der Waals surface area contributed by atoms with E-state index < -0.39 is 12.3 Å². The Labute approximate surface area is 146 Å². The molecule has 0 radical (unpaired) electrons. The average Bonchev–Trinajstić information content (AvgIpc) is 3.34. The van der Waals surface area contributed by atoms with Crippen LogP contribution >= 0.6 is 0 Å². The number of benzene rings is 1. The summed E-state index contributed by atoms with van der Waals surface area (Å²) in [6.07, 6.45) is -0.889. The number of alkyl halides is 2. The van der Waals surface area contributed by atoms with Gasteiger partial charge in [-0.05, 0) is 41.2 Å². The van der Waals surface area contributed by atoms with Crippen molar-refractivity contribution >= 4 is 5.78 Å². The van der Waals surface area contributed by atoms with Gasteiger partial charge in [-0.2, -0.15) is 18.6 Å². The van der Waals surface area contributed by atoms with Crippen LogP contribution in [0.5, 0.6) is 0 Å². The van der Waals surface area contributed by atoms with Crippen molar-refractivity contribution in [3.8, 4) is 11.4 Å². The highest BCUT2D eigenvalue weighted by Gasteiger charge is 2.27. The molecular formula is C16H14F2N6O2. The fourth-order valence-corrected chi connectivity index (χ4v) is 3.21. The molecule has 1 aliphatic carbocycles. The number of ketones is 1. The topological polar surface area (TPSA) is 99.6 Å². The number of aryl methyl sites for hydroxylation is 2. The normalized spacial score (nSPS) is 16.2. The number of nitrogens with zero attached hydrogens (tertiary/aromatic N) is 6. The average molecular weight is 360 g/mol. The summed E-state index contributed by atoms with van der Waals surface area (Å²) >= 11 is 0. The number of carbonyl (C=O) groups excluding carboxylic acids is 1. The van der Waals surface area contributed by atoms with Gasteiger partial charge in [0.15, 0.2) is 0 Å². The molecule has 1 atom stereocenters. The van der Waals surface area contributed by atoms with E-state index in [9.17, 15) is 13.6 Å². The summed E-state index contributed by atoms with van der Waals surface area (Å²) in [7, 11) is 1.60. The van der Waals surface area contributed by atoms with Crippen LogP contribution in [0.1, 0.15) is 52.8 Å². The van der Waals surface area contributed by atoms with Gasteiger partial charge in [0, 0.05) is 12.0 Å². The predicted octanol–water partition coefficient (Wildman–Crippen LogP) is 2.50. The summed E-state index contributed by atoms with van der Waals surface area (Å²) in [5, 5.41) is 15.0. The largest absolute Gasteiger partial charge is 0.333 e. The summed E-state index contributed by atoms with van der Waals surface area (Å²) < 4.78 is 29.7. The third kappa shape index (κ3) is 2.98. The molecule has 10 heteroatoms. The maximum absolute atomic E-state index is 12.6. The second-order valence-electron chi connectivity index (χ2n) is 6.14. The van der Waals surface area contributed by atoms with E-state index in [1.165, 1.54) is 4.80 Å². The molecule has 0 aliphatic heterocycles. The van der Waals surface area contributed by atoms with Gasteiger partial charge in [-0.15, -0.1) is 10.2 Å². The molecule has 8 nitrogen and oxygen atoms in total. The fourth-order valence-electron chi connectivity index (χ4n) is 3.21. The van der Waals surface area contributed by atoms with Gasteiger partial charge in [-0.1, -0.05) is 17.3 Å². The van der Waals surface area contributed by atoms with Gasteiger partial charge in [-0.3, -0.25) is 4.79 Å². The van der Waals surface area contributed by atoms with Crippen LogP contribution in [0.25, 0.3) is 11.4 Å². The highest BCUT2D eigenvalue weighted by atomic mass is 19.3. The Kier molecular flexibility index (Phi) is 4.02. The van der Waals surface area contributed by atoms with Crippen molar-refractivity contribution in [3.05, 3.63) is 41.0 Å². The predicted molar refractivity (Wildman–Crippen MR) is 83.5 cm³/mol. The number of tetrazole rings is 1. The lowest BCUT2D eigenvalue weighted by Gasteiger charge is -2.09. The number of halogens is 2. The zero-order valence-corrected chi connectivity index (χ0v) is 13.8. The Morgan fingerprint density at radius 3 is 2.96 bits per heavy atom. The lowest BCUT2D eigenvalue weighted by Crippen LogP contribution is -2.08. The minimum absolute atomic E-state index is 0.0669. The van der Waals surface area contributed by atoms with Gasteiger partial charge in [0.05, 0.1) is 7.05 Å². The van der Waals surface area contributed by atoms with Crippen LogP contribution in [0.3, 0.4) is 0 Å². The number of hydrogen-bond donors (Lipinski definition) is 0. The highest BCUT2D eigenvalue weighted by molar-refractivity contribution is 5.92. The Morgan fingerprint density at radius 1 is 1.42 bits per heavy atom. The summed E-state index contributed by atoms with van der Waals surface area (Å²) in [4.78, 5) is 17.3. The first kappa shape index (κ1) is 16.4. The SMILES string of the molecule is Cn1nnc(C(=O)C[C@@H]2CCc3cc(-c4noc(C(F)F)n4)ccc32)n1. The number of carbonyl (C=O) groups is 1. The molecule has 0 N–H and O–H groups in total. The molecule has 0 fully saturated rings. The molecule has 0 spiro atoms. The van der Waals surface area contributed by atoms with Crippen molar-refractivity contribution in [2.75, 3.05) is 0 Å². The van der Waals surface area contributed by atoms with Crippen molar-refractivity contribution in [1.29, 1.82) is 0 Å². The summed E-state index contributed by atoms with van der Waals surface area (Å²) in [5.74, 6) is -0.534. The van der Waals surface area contributed by atoms with Crippen LogP contribution in [0, 0.1) is 0 Å². The molecule has 0 amide bonds. The molecule has 0 unspecified atom stereocenters. The van der Waals surface area contributed by atoms with Crippen molar-refractivity contribution in [2.24, 2.45) is 7.05 Å². The van der Waals surface area contributed by atoms with E-state index in [1.54, 1.807) is 13.1 Å². The maximum Gasteiger partial charge on any atom is 0.315 e. The first-order valence-corrected chi connectivity index (χ1v) is 8.03. The van der Waals surface area contributed by atoms with Gasteiger partial charge >= 0.3 is 6.43 Å². The van der Waals surface area contributed by atoms with E-state index in [0.29, 0.717) is 12.0 Å². The number of hydrogen-bond acceptors (Lipinski definition) is 7. The van der Waals surface area contributed by atoms with Crippen LogP contribution in [-0.2, 0) is 13.5 Å². The van der Waals surface area contributed by atoms with Crippen molar-refractivity contribution in [3.63, 3.8) is 0 Å². The van der Waals surface area contributed by atoms with Crippen LogP contribution in [-0.4, -0.2) is 36.1 Å². The van der Waals surface area contributed by atoms with Gasteiger partial charge in [0.2, 0.25) is 17.4 Å². The summed E-state index contributed by atoms with van der Waals surface area (Å²) in [6.45, 7) is 0. The van der Waals surface area contributed by atoms with Crippen molar-refractivity contribution in [2.45, 2.75) is 31.6 Å². The number of aromatic nitrogens is 6. The molecule has 3 aromatic rings. The first-order valence-electron chi connectivity index (χ1n) is 8.03. The minimum Gasteiger partial charge on any atom is -0.333 e. The standard InChI is InChI=1S/C16H14F2N6O2/c1-24-21-15(20-23-24)12(25)7-9-3-2-8-6-10(4-5-11(8)9)14-19-16(13(17)18)26-22-14/h4-6,9,13H,2-3,7H2,1H3/t9-/m0/s1. The third-order valence-electron chi connectivity index (χ3n) is 4.42. The van der Waals surface area contributed by atoms with E-state index in [-0.39, 0.29) is 23.3 Å². The Balaban J connectivity index is 1.53. The lowest BCUT2D eigenvalue weighted by atomic mass is 9.94. The molecular weight excluding hydrogens is 346 g/mol. The van der Waals surface area contributed by atoms with E-state index >= 15 is 0 Å². The van der Waals surface area contributed by atoms with Gasteiger partial charge in [0.25, 0.3) is 5.89 Å². The fraction of sp³-hybridized carbons (Fsp3) is 0.375. The zero-order valence-electron chi connectivity index (χ0n) is 13.8. The van der Waals surface area contributed by atoms with Gasteiger partial charge < -0.3 is 4.52 Å². The van der Waals surface area contributed by atoms with Gasteiger partial charge in [0.1, 0.15) is 0 Å². The molecule has 2 heterocycles. The second kappa shape index (κ2) is 6.36. The Morgan fingerprint density at radius 2 is 2.27 bits per heavy atom. The molecule has 2 aromatic heterocycles. The molecule has 0 bridgehead atoms. The molecule has 0 saturated heterocycles. The summed E-state index contributed by atoms with van der Waals surface area (Å²) in [6, 6.07) is 5.50. The van der Waals surface area contributed by atoms with E-state index in [0.717, 1.165) is 24.0 Å². The first-order chi connectivity index (χ1) is 12.5. The van der Waals surface area contributed by atoms with E-state index in [2.05, 4.69) is 30.1 Å². The molecule has 26 heavy (non-hydrogen) atoms. The molecule has 1 aromatic carbocycles. The lowest BCUT2D eigenvalue weighted by molar-refractivity contribution is 0.0963. The zero-order chi connectivity index (χ0) is 18.3. The van der Waals surface area contributed by atoms with E-state index in [4.69, 9.17) is 0 Å². The smallest absolute Gasteiger partial charge is 0.315 e. The highest BCUT2D eigenvalue weighted by Crippen LogP contribution is 2.38. The van der Waals surface area contributed by atoms with Crippen LogP contribution in [0.15, 0.2) is 22.7 Å². The van der Waals surface area contributed by atoms with Crippen molar-refractivity contribution < 1.29 is 18.1 Å². The molecule has 0 saturated carbocycles. The minimum atomic E-state index is -2.80. The van der Waals surface area contributed by atoms with Crippen LogP contribution in [0.4, 0.5) is 8.78 Å². The van der Waals surface area contributed by atoms with Crippen LogP contribution in [0.2, 0.25) is 0 Å². The quantitative estimate of drug-likeness (QED) is 0.645. The summed E-state index contributed by atoms with van der Waals surface area (Å²) in [5.41, 5.74) is 2.72. The van der Waals surface area contributed by atoms with Crippen LogP contribution < -0.4 is 0 Å². The Hall–Kier alpha value is -3.04. The number of Topliss-reactive ketones (excluding diaryl/α,β-unsaturated/α-hetero) is 1. The molecule has 4 rings (SSSR count). The monoisotopic (exact) mass is 360 g/mol. The third-order valence-corrected chi connectivity index (χ3v) is 4.42.